The van der Waals surface area contributed by atoms with Crippen molar-refractivity contribution in [2.45, 2.75) is 12.6 Å². The van der Waals surface area contributed by atoms with Crippen molar-refractivity contribution in [3.8, 4) is 11.6 Å². The van der Waals surface area contributed by atoms with Crippen LogP contribution in [-0.2, 0) is 6.18 Å². The Morgan fingerprint density at radius 3 is 2.23 bits per heavy atom. The monoisotopic (exact) mass is 331 g/mol. The number of rotatable bonds is 6. The van der Waals surface area contributed by atoms with Gasteiger partial charge in [-0.2, -0.15) is 13.2 Å². The SMILES string of the molecule is FC(F)(F)c1ccc(OCCCOc2ccc(Cl)cc2)nc1. The van der Waals surface area contributed by atoms with Gasteiger partial charge in [0.2, 0.25) is 5.88 Å². The fraction of sp³-hybridized carbons (Fsp3) is 0.267. The lowest BCUT2D eigenvalue weighted by Gasteiger charge is -2.09. The molecule has 0 bridgehead atoms. The third-order valence-electron chi connectivity index (χ3n) is 2.68. The summed E-state index contributed by atoms with van der Waals surface area (Å²) >= 11 is 5.75. The molecule has 2 rings (SSSR count). The summed E-state index contributed by atoms with van der Waals surface area (Å²) in [6, 6.07) is 9.08. The molecule has 0 atom stereocenters. The van der Waals surface area contributed by atoms with E-state index in [0.717, 1.165) is 12.3 Å². The molecule has 2 aromatic rings. The minimum atomic E-state index is -4.39. The minimum absolute atomic E-state index is 0.152. The highest BCUT2D eigenvalue weighted by atomic mass is 35.5. The molecule has 1 aromatic carbocycles. The third-order valence-corrected chi connectivity index (χ3v) is 2.94. The molecular weight excluding hydrogens is 319 g/mol. The number of alkyl halides is 3. The van der Waals surface area contributed by atoms with E-state index in [1.807, 2.05) is 0 Å². The van der Waals surface area contributed by atoms with E-state index in [0.29, 0.717) is 30.4 Å². The summed E-state index contributed by atoms with van der Waals surface area (Å²) in [6.07, 6.45) is -3.07. The van der Waals surface area contributed by atoms with Crippen LogP contribution >= 0.6 is 11.6 Å². The maximum atomic E-state index is 12.4. The smallest absolute Gasteiger partial charge is 0.417 e. The zero-order valence-electron chi connectivity index (χ0n) is 11.4. The lowest BCUT2D eigenvalue weighted by atomic mass is 10.3. The number of halogens is 4. The maximum Gasteiger partial charge on any atom is 0.417 e. The zero-order valence-corrected chi connectivity index (χ0v) is 12.2. The lowest BCUT2D eigenvalue weighted by molar-refractivity contribution is -0.137. The van der Waals surface area contributed by atoms with E-state index in [9.17, 15) is 13.2 Å². The molecule has 22 heavy (non-hydrogen) atoms. The Hall–Kier alpha value is -1.95. The molecule has 0 aliphatic heterocycles. The number of aromatic nitrogens is 1. The summed E-state index contributed by atoms with van der Waals surface area (Å²) in [5, 5.41) is 0.629. The molecule has 0 amide bonds. The number of nitrogens with zero attached hydrogens (tertiary/aromatic N) is 1. The molecule has 0 N–H and O–H groups in total. The molecule has 1 aromatic heterocycles. The molecule has 3 nitrogen and oxygen atoms in total. The first-order valence-corrected chi connectivity index (χ1v) is 6.87. The Bertz CT molecular complexity index is 585. The van der Waals surface area contributed by atoms with Gasteiger partial charge in [0.15, 0.2) is 0 Å². The number of pyridine rings is 1. The molecular formula is C15H13ClF3NO2. The number of ether oxygens (including phenoxy) is 2. The van der Waals surface area contributed by atoms with Crippen LogP contribution in [0.3, 0.4) is 0 Å². The summed E-state index contributed by atoms with van der Waals surface area (Å²) in [6.45, 7) is 0.716. The van der Waals surface area contributed by atoms with E-state index in [4.69, 9.17) is 21.1 Å². The zero-order chi connectivity index (χ0) is 16.0. The van der Waals surface area contributed by atoms with Crippen LogP contribution in [0.15, 0.2) is 42.6 Å². The largest absolute Gasteiger partial charge is 0.493 e. The highest BCUT2D eigenvalue weighted by Gasteiger charge is 2.30. The van der Waals surface area contributed by atoms with Gasteiger partial charge in [0, 0.05) is 23.7 Å². The molecule has 0 unspecified atom stereocenters. The first kappa shape index (κ1) is 16.4. The van der Waals surface area contributed by atoms with Gasteiger partial charge in [0.05, 0.1) is 18.8 Å². The normalized spacial score (nSPS) is 11.3. The summed E-state index contributed by atoms with van der Waals surface area (Å²) in [5.74, 6) is 0.844. The molecule has 0 aliphatic rings. The first-order chi connectivity index (χ1) is 10.4. The Morgan fingerprint density at radius 1 is 0.955 bits per heavy atom. The van der Waals surface area contributed by atoms with E-state index >= 15 is 0 Å². The van der Waals surface area contributed by atoms with Crippen LogP contribution in [0.4, 0.5) is 13.2 Å². The van der Waals surface area contributed by atoms with Gasteiger partial charge in [-0.25, -0.2) is 4.98 Å². The third kappa shape index (κ3) is 5.11. The molecule has 0 saturated heterocycles. The Kier molecular flexibility index (Phi) is 5.49. The van der Waals surface area contributed by atoms with Gasteiger partial charge in [0.25, 0.3) is 0 Å². The fourth-order valence-corrected chi connectivity index (χ4v) is 1.72. The van der Waals surface area contributed by atoms with Crippen molar-refractivity contribution in [1.82, 2.24) is 4.98 Å². The fourth-order valence-electron chi connectivity index (χ4n) is 1.59. The van der Waals surface area contributed by atoms with E-state index < -0.39 is 11.7 Å². The van der Waals surface area contributed by atoms with Gasteiger partial charge < -0.3 is 9.47 Å². The van der Waals surface area contributed by atoms with E-state index in [1.54, 1.807) is 24.3 Å². The Morgan fingerprint density at radius 2 is 1.64 bits per heavy atom. The van der Waals surface area contributed by atoms with Gasteiger partial charge in [0.1, 0.15) is 5.75 Å². The molecule has 1 heterocycles. The van der Waals surface area contributed by atoms with E-state index in [-0.39, 0.29) is 5.88 Å². The van der Waals surface area contributed by atoms with Crippen molar-refractivity contribution >= 4 is 11.6 Å². The maximum absolute atomic E-state index is 12.4. The molecule has 118 valence electrons. The Labute approximate surface area is 130 Å². The second-order valence-corrected chi connectivity index (χ2v) is 4.82. The van der Waals surface area contributed by atoms with E-state index in [2.05, 4.69) is 4.98 Å². The van der Waals surface area contributed by atoms with Crippen LogP contribution in [0.25, 0.3) is 0 Å². The summed E-state index contributed by atoms with van der Waals surface area (Å²) in [7, 11) is 0. The van der Waals surface area contributed by atoms with Gasteiger partial charge in [-0.15, -0.1) is 0 Å². The summed E-state index contributed by atoms with van der Waals surface area (Å²) < 4.78 is 47.8. The van der Waals surface area contributed by atoms with Crippen LogP contribution in [-0.4, -0.2) is 18.2 Å². The van der Waals surface area contributed by atoms with Crippen molar-refractivity contribution in [3.05, 3.63) is 53.2 Å². The second kappa shape index (κ2) is 7.35. The first-order valence-electron chi connectivity index (χ1n) is 6.49. The number of benzene rings is 1. The quantitative estimate of drug-likeness (QED) is 0.725. The van der Waals surface area contributed by atoms with Crippen molar-refractivity contribution in [1.29, 1.82) is 0 Å². The van der Waals surface area contributed by atoms with Crippen LogP contribution < -0.4 is 9.47 Å². The van der Waals surface area contributed by atoms with Crippen LogP contribution in [0.1, 0.15) is 12.0 Å². The van der Waals surface area contributed by atoms with Gasteiger partial charge >= 0.3 is 6.18 Å². The van der Waals surface area contributed by atoms with Crippen molar-refractivity contribution in [2.24, 2.45) is 0 Å². The second-order valence-electron chi connectivity index (χ2n) is 4.39. The summed E-state index contributed by atoms with van der Waals surface area (Å²) in [4.78, 5) is 3.61. The van der Waals surface area contributed by atoms with Crippen molar-refractivity contribution in [2.75, 3.05) is 13.2 Å². The Balaban J connectivity index is 1.69. The molecule has 0 fully saturated rings. The van der Waals surface area contributed by atoms with Crippen LogP contribution in [0.2, 0.25) is 5.02 Å². The van der Waals surface area contributed by atoms with Crippen LogP contribution in [0, 0.1) is 0 Å². The molecule has 0 saturated carbocycles. The topological polar surface area (TPSA) is 31.4 Å². The molecule has 0 aliphatic carbocycles. The minimum Gasteiger partial charge on any atom is -0.493 e. The standard InChI is InChI=1S/C15H13ClF3NO2/c16-12-3-5-13(6-4-12)21-8-1-9-22-14-7-2-11(10-20-14)15(17,18)19/h2-7,10H,1,8-9H2. The predicted molar refractivity (Wildman–Crippen MR) is 76.3 cm³/mol. The molecule has 7 heteroatoms. The predicted octanol–water partition coefficient (Wildman–Crippen LogP) is 4.60. The van der Waals surface area contributed by atoms with Crippen LogP contribution in [0.5, 0.6) is 11.6 Å². The van der Waals surface area contributed by atoms with Gasteiger partial charge in [-0.05, 0) is 30.3 Å². The molecule has 0 radical (unpaired) electrons. The summed E-state index contributed by atoms with van der Waals surface area (Å²) in [5.41, 5.74) is -0.800. The van der Waals surface area contributed by atoms with Gasteiger partial charge in [-0.3, -0.25) is 0 Å². The van der Waals surface area contributed by atoms with Crippen molar-refractivity contribution < 1.29 is 22.6 Å². The van der Waals surface area contributed by atoms with Gasteiger partial charge in [-0.1, -0.05) is 11.6 Å². The lowest BCUT2D eigenvalue weighted by Crippen LogP contribution is -2.08. The molecule has 0 spiro atoms. The highest BCUT2D eigenvalue weighted by Crippen LogP contribution is 2.29. The number of hydrogen-bond donors (Lipinski definition) is 0. The average molecular weight is 332 g/mol. The highest BCUT2D eigenvalue weighted by molar-refractivity contribution is 6.30. The van der Waals surface area contributed by atoms with Crippen molar-refractivity contribution in [3.63, 3.8) is 0 Å². The number of hydrogen-bond acceptors (Lipinski definition) is 3. The van der Waals surface area contributed by atoms with E-state index in [1.165, 1.54) is 6.07 Å². The average Bonchev–Trinajstić information content (AvgIpc) is 2.48.